The fraction of sp³-hybridized carbons (Fsp3) is 0. The van der Waals surface area contributed by atoms with Crippen LogP contribution in [0.25, 0.3) is 110 Å². The summed E-state index contributed by atoms with van der Waals surface area (Å²) in [6, 6.07) is 96.0. The Balaban J connectivity index is 0.761. The molecule has 4 aromatic heterocycles. The van der Waals surface area contributed by atoms with Gasteiger partial charge in [-0.3, -0.25) is 0 Å². The molecule has 4 aliphatic heterocycles. The molecular formula is C78H44B2N4O4. The number of nitrogens with zero attached hydrogens (tertiary/aromatic N) is 4. The lowest BCUT2D eigenvalue weighted by Gasteiger charge is -2.37. The molecule has 0 saturated carbocycles. The topological polar surface area (TPSA) is 56.6 Å². The highest BCUT2D eigenvalue weighted by Crippen LogP contribution is 2.48. The van der Waals surface area contributed by atoms with E-state index < -0.39 is 0 Å². The van der Waals surface area contributed by atoms with Crippen LogP contribution in [-0.2, 0) is 0 Å². The molecule has 0 spiro atoms. The van der Waals surface area contributed by atoms with Gasteiger partial charge in [-0.25, -0.2) is 0 Å². The molecule has 10 heteroatoms. The molecule has 0 saturated heterocycles. The van der Waals surface area contributed by atoms with E-state index in [4.69, 9.17) is 18.9 Å². The van der Waals surface area contributed by atoms with Crippen molar-refractivity contribution in [1.82, 2.24) is 18.3 Å². The van der Waals surface area contributed by atoms with E-state index in [1.54, 1.807) is 0 Å². The zero-order valence-electron chi connectivity index (χ0n) is 47.0. The molecule has 0 unspecified atom stereocenters. The summed E-state index contributed by atoms with van der Waals surface area (Å²) in [7, 11) is 0. The van der Waals surface area contributed by atoms with Gasteiger partial charge in [0.1, 0.15) is 46.0 Å². The lowest BCUT2D eigenvalue weighted by molar-refractivity contribution is 0.451. The van der Waals surface area contributed by atoms with Gasteiger partial charge in [0.05, 0.1) is 55.5 Å². The van der Waals surface area contributed by atoms with Crippen molar-refractivity contribution in [1.29, 1.82) is 0 Å². The summed E-state index contributed by atoms with van der Waals surface area (Å²) in [6.45, 7) is -0.392. The maximum absolute atomic E-state index is 7.39. The minimum atomic E-state index is -0.196. The van der Waals surface area contributed by atoms with Crippen molar-refractivity contribution in [3.63, 3.8) is 0 Å². The normalized spacial score (nSPS) is 13.3. The van der Waals surface area contributed by atoms with Crippen LogP contribution in [0.1, 0.15) is 0 Å². The Morgan fingerprint density at radius 2 is 0.568 bits per heavy atom. The van der Waals surface area contributed by atoms with Crippen molar-refractivity contribution < 1.29 is 18.9 Å². The van der Waals surface area contributed by atoms with Crippen LogP contribution in [0.15, 0.2) is 267 Å². The summed E-state index contributed by atoms with van der Waals surface area (Å²) < 4.78 is 38.6. The fourth-order valence-electron chi connectivity index (χ4n) is 15.9. The lowest BCUT2D eigenvalue weighted by atomic mass is 9.31. The van der Waals surface area contributed by atoms with E-state index in [-0.39, 0.29) is 13.4 Å². The number of benzene rings is 13. The summed E-state index contributed by atoms with van der Waals surface area (Å²) in [6.07, 6.45) is 0. The van der Waals surface area contributed by atoms with Crippen molar-refractivity contribution in [2.24, 2.45) is 0 Å². The molecule has 4 aliphatic rings. The molecule has 0 amide bonds. The zero-order chi connectivity index (χ0) is 57.0. The van der Waals surface area contributed by atoms with E-state index in [0.717, 1.165) is 134 Å². The quantitative estimate of drug-likeness (QED) is 0.165. The number of aromatic nitrogens is 4. The van der Waals surface area contributed by atoms with Crippen LogP contribution in [-0.4, -0.2) is 31.7 Å². The standard InChI is InChI=1S/C78H44B2N4O4/c1-3-19-45(20-4-1)83-59-29-13-7-23-49(59)51-35-37-63-73(77(51)83)53-25-9-15-31-61(53)81(63)47-39-69-75-71(41-47)87-67-44-68-58(43-57(67)79(75)55-27-11-17-33-65(55)85-69)80-56-28-12-18-34-66(56)86-70-40-48(42-72(88-68)76(70)80)82-62-32-16-10-26-54(62)74-64(82)38-36-52-50-24-8-14-30-60(50)84(78(52)74)46-21-5-2-6-22-46/h1-44H. The second kappa shape index (κ2) is 17.1. The number of para-hydroxylation sites is 8. The van der Waals surface area contributed by atoms with E-state index in [0.29, 0.717) is 0 Å². The molecule has 406 valence electrons. The summed E-state index contributed by atoms with van der Waals surface area (Å²) in [5.41, 5.74) is 19.5. The predicted octanol–water partition coefficient (Wildman–Crippen LogP) is 15.5. The van der Waals surface area contributed by atoms with Crippen molar-refractivity contribution in [3.05, 3.63) is 267 Å². The fourth-order valence-corrected chi connectivity index (χ4v) is 15.9. The first-order chi connectivity index (χ1) is 43.7. The van der Waals surface area contributed by atoms with E-state index in [1.807, 2.05) is 0 Å². The minimum Gasteiger partial charge on any atom is -0.458 e. The molecule has 88 heavy (non-hydrogen) atoms. The largest absolute Gasteiger partial charge is 0.458 e. The number of ether oxygens (including phenoxy) is 4. The summed E-state index contributed by atoms with van der Waals surface area (Å²) >= 11 is 0. The Morgan fingerprint density at radius 3 is 1.00 bits per heavy atom. The second-order valence-corrected chi connectivity index (χ2v) is 23.8. The highest BCUT2D eigenvalue weighted by atomic mass is 16.5. The molecule has 0 N–H and O–H groups in total. The zero-order valence-corrected chi connectivity index (χ0v) is 47.0. The Bertz CT molecular complexity index is 5620. The van der Waals surface area contributed by atoms with Gasteiger partial charge >= 0.3 is 0 Å². The highest BCUT2D eigenvalue weighted by Gasteiger charge is 2.46. The van der Waals surface area contributed by atoms with Crippen molar-refractivity contribution in [2.75, 3.05) is 0 Å². The second-order valence-electron chi connectivity index (χ2n) is 23.8. The number of hydrogen-bond donors (Lipinski definition) is 0. The summed E-state index contributed by atoms with van der Waals surface area (Å²) in [4.78, 5) is 0. The monoisotopic (exact) mass is 1120 g/mol. The molecule has 8 nitrogen and oxygen atoms in total. The van der Waals surface area contributed by atoms with Crippen LogP contribution >= 0.6 is 0 Å². The van der Waals surface area contributed by atoms with E-state index in [9.17, 15) is 0 Å². The van der Waals surface area contributed by atoms with Gasteiger partial charge in [-0.05, 0) is 94.6 Å². The molecule has 21 rings (SSSR count). The lowest BCUT2D eigenvalue weighted by Crippen LogP contribution is -2.61. The molecule has 0 bridgehead atoms. The Morgan fingerprint density at radius 1 is 0.216 bits per heavy atom. The summed E-state index contributed by atoms with van der Waals surface area (Å²) in [5.74, 6) is 6.16. The molecule has 8 heterocycles. The predicted molar refractivity (Wildman–Crippen MR) is 359 cm³/mol. The Labute approximate surface area is 503 Å². The van der Waals surface area contributed by atoms with Crippen LogP contribution in [0, 0.1) is 0 Å². The van der Waals surface area contributed by atoms with Crippen LogP contribution in [0.5, 0.6) is 46.0 Å². The third-order valence-electron chi connectivity index (χ3n) is 19.3. The van der Waals surface area contributed by atoms with Crippen LogP contribution < -0.4 is 51.7 Å². The first-order valence-electron chi connectivity index (χ1n) is 30.1. The van der Waals surface area contributed by atoms with E-state index in [2.05, 4.69) is 285 Å². The molecule has 0 radical (unpaired) electrons. The molecule has 0 atom stereocenters. The van der Waals surface area contributed by atoms with Gasteiger partial charge in [0.2, 0.25) is 0 Å². The van der Waals surface area contributed by atoms with Crippen molar-refractivity contribution in [2.45, 2.75) is 0 Å². The van der Waals surface area contributed by atoms with Crippen molar-refractivity contribution in [3.8, 4) is 68.7 Å². The number of rotatable bonds is 4. The number of fused-ring (bicyclic) bond motifs is 22. The molecule has 0 fully saturated rings. The number of hydrogen-bond acceptors (Lipinski definition) is 4. The van der Waals surface area contributed by atoms with Crippen LogP contribution in [0.4, 0.5) is 0 Å². The Hall–Kier alpha value is -11.6. The van der Waals surface area contributed by atoms with Gasteiger partial charge in [-0.15, -0.1) is 0 Å². The highest BCUT2D eigenvalue weighted by molar-refractivity contribution is 7.01. The molecule has 13 aromatic carbocycles. The van der Waals surface area contributed by atoms with Gasteiger partial charge in [0.15, 0.2) is 0 Å². The summed E-state index contributed by atoms with van der Waals surface area (Å²) in [5, 5.41) is 9.54. The SMILES string of the molecule is c1ccc(-n2c3ccccc3c3ccc4c(c5ccccc5n4-c4cc5c6c(c4)Oc4cc7c(cc4B6c4ccccc4O5)B4c5ccccc5Oc5cc(-n6c8ccccc8c8c6ccc6c9ccccc9n(-c9ccccc9)c68)cc(c54)O7)c32)cc1. The average molecular weight is 1120 g/mol. The Kier molecular flexibility index (Phi) is 9.06. The van der Waals surface area contributed by atoms with Gasteiger partial charge in [-0.2, -0.15) is 0 Å². The van der Waals surface area contributed by atoms with Crippen LogP contribution in [0.2, 0.25) is 0 Å². The van der Waals surface area contributed by atoms with E-state index in [1.165, 1.54) is 54.4 Å². The van der Waals surface area contributed by atoms with Gasteiger partial charge in [0, 0.05) is 95.7 Å². The van der Waals surface area contributed by atoms with E-state index >= 15 is 0 Å². The molecule has 0 aliphatic carbocycles. The van der Waals surface area contributed by atoms with Gasteiger partial charge < -0.3 is 37.2 Å². The van der Waals surface area contributed by atoms with Crippen molar-refractivity contribution >= 4 is 133 Å². The third kappa shape index (κ3) is 6.10. The first kappa shape index (κ1) is 46.7. The minimum absolute atomic E-state index is 0.196. The maximum Gasteiger partial charge on any atom is 0.260 e. The average Bonchev–Trinajstić information content (AvgIpc) is 1.23. The van der Waals surface area contributed by atoms with Gasteiger partial charge in [-0.1, -0.05) is 164 Å². The third-order valence-corrected chi connectivity index (χ3v) is 19.3. The smallest absolute Gasteiger partial charge is 0.260 e. The first-order valence-corrected chi connectivity index (χ1v) is 30.1. The van der Waals surface area contributed by atoms with Crippen LogP contribution in [0.3, 0.4) is 0 Å². The molecular weight excluding hydrogens is 1080 g/mol. The maximum atomic E-state index is 7.39. The van der Waals surface area contributed by atoms with Gasteiger partial charge in [0.25, 0.3) is 13.4 Å². The molecule has 17 aromatic rings.